The molecule has 0 N–H and O–H groups in total. The Morgan fingerprint density at radius 2 is 1.00 bits per heavy atom. The molecular formula is C21H40OSi. The highest BCUT2D eigenvalue weighted by molar-refractivity contribution is 6.71. The van der Waals surface area contributed by atoms with Gasteiger partial charge in [-0.25, -0.2) is 0 Å². The number of rotatable bonds is 0. The van der Waals surface area contributed by atoms with Crippen LogP contribution in [-0.4, -0.2) is 8.32 Å². The van der Waals surface area contributed by atoms with E-state index in [1.165, 1.54) is 115 Å². The fraction of sp³-hybridized carbons (Fsp3) is 0.905. The van der Waals surface area contributed by atoms with Gasteiger partial charge in [0.1, 0.15) is 0 Å². The van der Waals surface area contributed by atoms with E-state index in [1.807, 2.05) is 0 Å². The molecule has 0 bridgehead atoms. The van der Waals surface area contributed by atoms with E-state index in [0.29, 0.717) is 0 Å². The highest BCUT2D eigenvalue weighted by Crippen LogP contribution is 2.33. The second-order valence-electron chi connectivity index (χ2n) is 8.48. The fourth-order valence-corrected chi connectivity index (χ4v) is 6.25. The first-order valence-electron chi connectivity index (χ1n) is 10.6. The summed E-state index contributed by atoms with van der Waals surface area (Å²) in [5.74, 6) is 1.44. The van der Waals surface area contributed by atoms with Gasteiger partial charge in [0.25, 0.3) is 0 Å². The molecule has 134 valence electrons. The van der Waals surface area contributed by atoms with E-state index in [0.717, 1.165) is 0 Å². The maximum Gasteiger partial charge on any atom is 0.244 e. The average Bonchev–Trinajstić information content (AvgIpc) is 2.52. The van der Waals surface area contributed by atoms with Gasteiger partial charge >= 0.3 is 0 Å². The Kier molecular flexibility index (Phi) is 8.79. The molecule has 1 nitrogen and oxygen atoms in total. The summed E-state index contributed by atoms with van der Waals surface area (Å²) in [5.41, 5.74) is 1.71. The molecule has 1 aliphatic carbocycles. The summed E-state index contributed by atoms with van der Waals surface area (Å²) in [6, 6.07) is 1.35. The average molecular weight is 337 g/mol. The molecule has 0 spiro atoms. The molecule has 1 saturated heterocycles. The lowest BCUT2D eigenvalue weighted by molar-refractivity contribution is 0.353. The van der Waals surface area contributed by atoms with Gasteiger partial charge in [0.2, 0.25) is 8.32 Å². The van der Waals surface area contributed by atoms with Crippen LogP contribution in [-0.2, 0) is 4.43 Å². The molecule has 2 fully saturated rings. The van der Waals surface area contributed by atoms with Gasteiger partial charge in [-0.3, -0.25) is 0 Å². The summed E-state index contributed by atoms with van der Waals surface area (Å²) in [6.45, 7) is 4.80. The van der Waals surface area contributed by atoms with Crippen molar-refractivity contribution >= 4 is 8.32 Å². The van der Waals surface area contributed by atoms with E-state index in [4.69, 9.17) is 4.43 Å². The third kappa shape index (κ3) is 7.91. The van der Waals surface area contributed by atoms with Crippen molar-refractivity contribution in [2.24, 2.45) is 0 Å². The molecule has 0 amide bonds. The summed E-state index contributed by atoms with van der Waals surface area (Å²) in [6.07, 6.45) is 22.6. The summed E-state index contributed by atoms with van der Waals surface area (Å²) < 4.78 is 6.52. The van der Waals surface area contributed by atoms with Crippen LogP contribution < -0.4 is 0 Å². The van der Waals surface area contributed by atoms with Crippen LogP contribution in [0.3, 0.4) is 0 Å². The normalized spacial score (nSPS) is 26.0. The Balaban J connectivity index is 1.91. The van der Waals surface area contributed by atoms with Crippen molar-refractivity contribution in [1.29, 1.82) is 0 Å². The third-order valence-electron chi connectivity index (χ3n) is 5.68. The van der Waals surface area contributed by atoms with E-state index < -0.39 is 8.32 Å². The van der Waals surface area contributed by atoms with Crippen molar-refractivity contribution < 1.29 is 4.43 Å². The van der Waals surface area contributed by atoms with E-state index in [9.17, 15) is 0 Å². The van der Waals surface area contributed by atoms with E-state index in [2.05, 4.69) is 13.1 Å². The highest BCUT2D eigenvalue weighted by Gasteiger charge is 2.30. The standard InChI is InChI=1S/C21H40OSi/c1-23(2)19-15-18-21(22-23)20-16-13-11-9-7-5-3-4-6-8-10-12-14-17-20/h3-19H2,1-2H3. The molecule has 0 aromatic carbocycles. The molecule has 1 aliphatic heterocycles. The van der Waals surface area contributed by atoms with Gasteiger partial charge in [-0.05, 0) is 56.8 Å². The third-order valence-corrected chi connectivity index (χ3v) is 8.04. The molecule has 0 radical (unpaired) electrons. The van der Waals surface area contributed by atoms with Gasteiger partial charge in [0, 0.05) is 6.42 Å². The van der Waals surface area contributed by atoms with Crippen LogP contribution in [0.1, 0.15) is 103 Å². The Morgan fingerprint density at radius 3 is 1.43 bits per heavy atom. The molecular weight excluding hydrogens is 296 g/mol. The van der Waals surface area contributed by atoms with Crippen molar-refractivity contribution in [2.75, 3.05) is 0 Å². The summed E-state index contributed by atoms with van der Waals surface area (Å²) >= 11 is 0. The van der Waals surface area contributed by atoms with Crippen LogP contribution in [0.4, 0.5) is 0 Å². The first kappa shape index (κ1) is 19.1. The molecule has 23 heavy (non-hydrogen) atoms. The second kappa shape index (κ2) is 10.6. The minimum atomic E-state index is -1.39. The van der Waals surface area contributed by atoms with Gasteiger partial charge < -0.3 is 4.43 Å². The number of hydrogen-bond acceptors (Lipinski definition) is 1. The molecule has 2 rings (SSSR count). The largest absolute Gasteiger partial charge is 0.547 e. The smallest absolute Gasteiger partial charge is 0.244 e. The second-order valence-corrected chi connectivity index (χ2v) is 12.7. The zero-order chi connectivity index (χ0) is 16.4. The maximum atomic E-state index is 6.52. The lowest BCUT2D eigenvalue weighted by Crippen LogP contribution is -2.33. The van der Waals surface area contributed by atoms with Crippen LogP contribution in [0.2, 0.25) is 19.1 Å². The molecule has 2 aliphatic rings. The molecule has 0 aromatic rings. The Labute approximate surface area is 146 Å². The first-order valence-corrected chi connectivity index (χ1v) is 13.7. The predicted octanol–water partition coefficient (Wildman–Crippen LogP) is 7.73. The van der Waals surface area contributed by atoms with E-state index >= 15 is 0 Å². The predicted molar refractivity (Wildman–Crippen MR) is 104 cm³/mol. The van der Waals surface area contributed by atoms with Crippen molar-refractivity contribution in [3.05, 3.63) is 11.3 Å². The molecule has 0 atom stereocenters. The van der Waals surface area contributed by atoms with Gasteiger partial charge in [-0.2, -0.15) is 0 Å². The molecule has 1 heterocycles. The Morgan fingerprint density at radius 1 is 0.565 bits per heavy atom. The van der Waals surface area contributed by atoms with Crippen LogP contribution >= 0.6 is 0 Å². The zero-order valence-corrected chi connectivity index (χ0v) is 16.9. The van der Waals surface area contributed by atoms with Gasteiger partial charge in [-0.1, -0.05) is 64.2 Å². The van der Waals surface area contributed by atoms with Crippen molar-refractivity contribution in [3.8, 4) is 0 Å². The summed E-state index contributed by atoms with van der Waals surface area (Å²) in [4.78, 5) is 0. The van der Waals surface area contributed by atoms with E-state index in [1.54, 1.807) is 5.57 Å². The van der Waals surface area contributed by atoms with Gasteiger partial charge in [-0.15, -0.1) is 0 Å². The zero-order valence-electron chi connectivity index (χ0n) is 15.9. The maximum absolute atomic E-state index is 6.52. The van der Waals surface area contributed by atoms with Crippen LogP contribution in [0.25, 0.3) is 0 Å². The van der Waals surface area contributed by atoms with Gasteiger partial charge in [0.15, 0.2) is 0 Å². The number of allylic oxidation sites excluding steroid dienone is 2. The highest BCUT2D eigenvalue weighted by atomic mass is 28.4. The lowest BCUT2D eigenvalue weighted by atomic mass is 9.97. The summed E-state index contributed by atoms with van der Waals surface area (Å²) in [5, 5.41) is 0. The molecule has 0 unspecified atom stereocenters. The minimum Gasteiger partial charge on any atom is -0.547 e. The van der Waals surface area contributed by atoms with Crippen molar-refractivity contribution in [2.45, 2.75) is 122 Å². The van der Waals surface area contributed by atoms with Crippen molar-refractivity contribution in [1.82, 2.24) is 0 Å². The SMILES string of the molecule is C[Si]1(C)CCCC(=C2CCCCCCCCCCCCCC2)O1. The topological polar surface area (TPSA) is 9.23 Å². The van der Waals surface area contributed by atoms with Crippen LogP contribution in [0.15, 0.2) is 11.3 Å². The quantitative estimate of drug-likeness (QED) is 0.411. The Bertz CT molecular complexity index is 341. The van der Waals surface area contributed by atoms with Crippen molar-refractivity contribution in [3.63, 3.8) is 0 Å². The summed E-state index contributed by atoms with van der Waals surface area (Å²) in [7, 11) is -1.39. The minimum absolute atomic E-state index is 1.23. The first-order chi connectivity index (χ1) is 11.2. The van der Waals surface area contributed by atoms with Crippen LogP contribution in [0.5, 0.6) is 0 Å². The Hall–Kier alpha value is -0.243. The monoisotopic (exact) mass is 336 g/mol. The fourth-order valence-electron chi connectivity index (χ4n) is 4.21. The van der Waals surface area contributed by atoms with E-state index in [-0.39, 0.29) is 0 Å². The lowest BCUT2D eigenvalue weighted by Gasteiger charge is -2.33. The number of hydrogen-bond donors (Lipinski definition) is 0. The molecule has 1 saturated carbocycles. The van der Waals surface area contributed by atoms with Crippen LogP contribution in [0, 0.1) is 0 Å². The molecule has 0 aromatic heterocycles. The van der Waals surface area contributed by atoms with Gasteiger partial charge in [0.05, 0.1) is 5.76 Å². The molecule has 2 heteroatoms.